The van der Waals surface area contributed by atoms with Crippen molar-refractivity contribution in [2.75, 3.05) is 19.6 Å². The van der Waals surface area contributed by atoms with Gasteiger partial charge in [-0.2, -0.15) is 0 Å². The summed E-state index contributed by atoms with van der Waals surface area (Å²) in [7, 11) is 0. The summed E-state index contributed by atoms with van der Waals surface area (Å²) < 4.78 is 0. The van der Waals surface area contributed by atoms with Crippen LogP contribution in [0.1, 0.15) is 80.1 Å². The smallest absolute Gasteiger partial charge is 0.322 e. The highest BCUT2D eigenvalue weighted by atomic mass is 16.4. The van der Waals surface area contributed by atoms with Gasteiger partial charge < -0.3 is 59.1 Å². The molecule has 1 rings (SSSR count). The Bertz CT molecular complexity index is 1440. The molecule has 1 heterocycles. The second kappa shape index (κ2) is 22.8. The Kier molecular flexibility index (Phi) is 19.7. The molecule has 21 heteroatoms. The number of carbonyl (C=O) groups is 10. The topological polar surface area (TPSA) is 344 Å². The Morgan fingerprint density at radius 3 is 1.69 bits per heavy atom. The zero-order chi connectivity index (χ0) is 42.2. The fraction of sp³-hybridized carbons (Fsp3) is 0.706. The van der Waals surface area contributed by atoms with Crippen LogP contribution in [0.5, 0.6) is 0 Å². The zero-order valence-electron chi connectivity index (χ0n) is 32.3. The lowest BCUT2D eigenvalue weighted by Crippen LogP contribution is -2.61. The predicted molar refractivity (Wildman–Crippen MR) is 195 cm³/mol. The molecule has 0 aromatic heterocycles. The van der Waals surface area contributed by atoms with E-state index in [1.807, 2.05) is 0 Å². The number of likely N-dealkylation sites (tertiary alicyclic amines) is 1. The van der Waals surface area contributed by atoms with E-state index < -0.39 is 127 Å². The molecule has 0 aromatic carbocycles. The maximum Gasteiger partial charge on any atom is 0.322 e. The maximum atomic E-state index is 13.8. The van der Waals surface area contributed by atoms with Crippen molar-refractivity contribution < 1.29 is 53.1 Å². The van der Waals surface area contributed by atoms with Crippen molar-refractivity contribution in [3.63, 3.8) is 0 Å². The number of nitrogens with two attached hydrogens (primary N) is 3. The molecule has 0 aromatic rings. The van der Waals surface area contributed by atoms with Gasteiger partial charge in [0, 0.05) is 13.0 Å². The molecule has 55 heavy (non-hydrogen) atoms. The molecule has 0 radical (unpaired) electrons. The number of amides is 9. The molecule has 1 saturated heterocycles. The van der Waals surface area contributed by atoms with Gasteiger partial charge in [-0.05, 0) is 43.4 Å². The van der Waals surface area contributed by atoms with Crippen LogP contribution in [0.15, 0.2) is 0 Å². The lowest BCUT2D eigenvalue weighted by Gasteiger charge is -2.31. The van der Waals surface area contributed by atoms with Gasteiger partial charge in [0.25, 0.3) is 0 Å². The van der Waals surface area contributed by atoms with Gasteiger partial charge in [0.05, 0.1) is 13.0 Å². The van der Waals surface area contributed by atoms with E-state index in [4.69, 9.17) is 22.3 Å². The number of hydrogen-bond acceptors (Lipinski definition) is 11. The highest BCUT2D eigenvalue weighted by Crippen LogP contribution is 2.20. The standard InChI is InChI=1S/C34H58N10O11/c1-16(2)12-20(41-33(54)28(18(5)6)43-30(51)21(13-24(37)46)39-25(47)14-35)29(50)42-27(17(3)4)32(53)40-19(9-10-23(36)45)34(55)44-11-7-8-22(44)31(52)38-15-26(48)49/h16-22,27-28H,7-15,35H2,1-6H3,(H2,36,45)(H2,37,46)(H,38,52)(H,39,47)(H,40,53)(H,41,54)(H,42,50)(H,43,51)(H,48,49)/t19-,20-,21-,22-,27-,28-/m0/s1. The Morgan fingerprint density at radius 1 is 0.709 bits per heavy atom. The average molecular weight is 783 g/mol. The number of carboxylic acids is 1. The van der Waals surface area contributed by atoms with Gasteiger partial charge in [-0.3, -0.25) is 47.9 Å². The minimum Gasteiger partial charge on any atom is -0.480 e. The molecule has 1 aliphatic rings. The molecule has 1 fully saturated rings. The first kappa shape index (κ1) is 47.7. The van der Waals surface area contributed by atoms with Crippen molar-refractivity contribution >= 4 is 59.1 Å². The highest BCUT2D eigenvalue weighted by molar-refractivity contribution is 5.98. The first-order valence-corrected chi connectivity index (χ1v) is 18.2. The number of aliphatic carboxylic acids is 1. The molecule has 13 N–H and O–H groups in total. The molecule has 0 saturated carbocycles. The normalized spacial score (nSPS) is 16.6. The second-order valence-corrected chi connectivity index (χ2v) is 14.5. The molecule has 9 amide bonds. The summed E-state index contributed by atoms with van der Waals surface area (Å²) >= 11 is 0. The zero-order valence-corrected chi connectivity index (χ0v) is 32.3. The lowest BCUT2D eigenvalue weighted by molar-refractivity contribution is -0.143. The van der Waals surface area contributed by atoms with E-state index in [-0.39, 0.29) is 38.1 Å². The molecular formula is C34H58N10O11. The third-order valence-corrected chi connectivity index (χ3v) is 8.62. The first-order valence-electron chi connectivity index (χ1n) is 18.2. The first-order chi connectivity index (χ1) is 25.6. The summed E-state index contributed by atoms with van der Waals surface area (Å²) in [6, 6.07) is -7.52. The fourth-order valence-corrected chi connectivity index (χ4v) is 5.80. The van der Waals surface area contributed by atoms with Crippen LogP contribution in [0.25, 0.3) is 0 Å². The van der Waals surface area contributed by atoms with Crippen LogP contribution in [0.3, 0.4) is 0 Å². The summed E-state index contributed by atoms with van der Waals surface area (Å²) in [6.07, 6.45) is -0.361. The van der Waals surface area contributed by atoms with Crippen molar-refractivity contribution in [3.8, 4) is 0 Å². The lowest BCUT2D eigenvalue weighted by atomic mass is 9.97. The third kappa shape index (κ3) is 16.3. The number of hydrogen-bond donors (Lipinski definition) is 10. The van der Waals surface area contributed by atoms with Crippen LogP contribution in [-0.4, -0.2) is 125 Å². The van der Waals surface area contributed by atoms with Gasteiger partial charge in [-0.1, -0.05) is 41.5 Å². The third-order valence-electron chi connectivity index (χ3n) is 8.62. The van der Waals surface area contributed by atoms with Gasteiger partial charge >= 0.3 is 5.97 Å². The molecule has 0 unspecified atom stereocenters. The Hall–Kier alpha value is -5.34. The minimum absolute atomic E-state index is 0.0969. The minimum atomic E-state index is -1.42. The SMILES string of the molecule is CC(C)C[C@H](NC(=O)[C@@H](NC(=O)[C@H](CC(N)=O)NC(=O)CN)C(C)C)C(=O)N[C@H](C(=O)N[C@@H](CCC(N)=O)C(=O)N1CCC[C@H]1C(=O)NCC(=O)O)C(C)C. The molecule has 0 bridgehead atoms. The van der Waals surface area contributed by atoms with Crippen LogP contribution in [0, 0.1) is 17.8 Å². The van der Waals surface area contributed by atoms with E-state index in [1.165, 1.54) is 4.90 Å². The van der Waals surface area contributed by atoms with E-state index in [0.717, 1.165) is 0 Å². The summed E-state index contributed by atoms with van der Waals surface area (Å²) in [5, 5.41) is 23.8. The summed E-state index contributed by atoms with van der Waals surface area (Å²) in [5.41, 5.74) is 15.9. The fourth-order valence-electron chi connectivity index (χ4n) is 5.80. The van der Waals surface area contributed by atoms with E-state index in [9.17, 15) is 47.9 Å². The van der Waals surface area contributed by atoms with Crippen molar-refractivity contribution in [3.05, 3.63) is 0 Å². The van der Waals surface area contributed by atoms with Gasteiger partial charge in [-0.25, -0.2) is 0 Å². The van der Waals surface area contributed by atoms with Crippen molar-refractivity contribution in [1.82, 2.24) is 36.8 Å². The number of carbonyl (C=O) groups excluding carboxylic acids is 9. The van der Waals surface area contributed by atoms with Crippen LogP contribution < -0.4 is 49.1 Å². The second-order valence-electron chi connectivity index (χ2n) is 14.5. The van der Waals surface area contributed by atoms with E-state index in [1.54, 1.807) is 41.5 Å². The van der Waals surface area contributed by atoms with Crippen molar-refractivity contribution in [1.29, 1.82) is 0 Å². The van der Waals surface area contributed by atoms with Crippen LogP contribution in [0.4, 0.5) is 0 Å². The number of nitrogens with one attached hydrogen (secondary N) is 6. The summed E-state index contributed by atoms with van der Waals surface area (Å²) in [5.74, 6) is -9.58. The Labute approximate surface area is 319 Å². The van der Waals surface area contributed by atoms with Gasteiger partial charge in [-0.15, -0.1) is 0 Å². The van der Waals surface area contributed by atoms with Crippen LogP contribution >= 0.6 is 0 Å². The highest BCUT2D eigenvalue weighted by Gasteiger charge is 2.39. The predicted octanol–water partition coefficient (Wildman–Crippen LogP) is -3.94. The number of carboxylic acid groups (broad SMARTS) is 1. The number of primary amides is 2. The summed E-state index contributed by atoms with van der Waals surface area (Å²) in [6.45, 7) is 9.05. The molecule has 1 aliphatic heterocycles. The van der Waals surface area contributed by atoms with Crippen molar-refractivity contribution in [2.45, 2.75) is 116 Å². The van der Waals surface area contributed by atoms with E-state index in [2.05, 4.69) is 31.9 Å². The molecule has 310 valence electrons. The van der Waals surface area contributed by atoms with Crippen LogP contribution in [-0.2, 0) is 47.9 Å². The van der Waals surface area contributed by atoms with Crippen molar-refractivity contribution in [2.24, 2.45) is 35.0 Å². The number of rotatable bonds is 23. The van der Waals surface area contributed by atoms with Crippen LogP contribution in [0.2, 0.25) is 0 Å². The molecule has 0 aliphatic carbocycles. The number of nitrogens with zero attached hydrogens (tertiary/aromatic N) is 1. The monoisotopic (exact) mass is 782 g/mol. The van der Waals surface area contributed by atoms with E-state index >= 15 is 0 Å². The molecule has 0 spiro atoms. The largest absolute Gasteiger partial charge is 0.480 e. The molecular weight excluding hydrogens is 724 g/mol. The Morgan fingerprint density at radius 2 is 1.24 bits per heavy atom. The van der Waals surface area contributed by atoms with E-state index in [0.29, 0.717) is 6.42 Å². The quantitative estimate of drug-likeness (QED) is 0.0475. The van der Waals surface area contributed by atoms with Gasteiger partial charge in [0.1, 0.15) is 42.8 Å². The average Bonchev–Trinajstić information content (AvgIpc) is 3.58. The molecule has 21 nitrogen and oxygen atoms in total. The maximum absolute atomic E-state index is 13.8. The van der Waals surface area contributed by atoms with Gasteiger partial charge in [0.2, 0.25) is 53.2 Å². The van der Waals surface area contributed by atoms with Gasteiger partial charge in [0.15, 0.2) is 0 Å². The Balaban J connectivity index is 3.27. The molecule has 6 atom stereocenters. The summed E-state index contributed by atoms with van der Waals surface area (Å²) in [4.78, 5) is 128.